The molecule has 0 aliphatic rings. The fourth-order valence-electron chi connectivity index (χ4n) is 2.31. The maximum absolute atomic E-state index is 12.2. The van der Waals surface area contributed by atoms with Crippen molar-refractivity contribution in [3.05, 3.63) is 69.0 Å². The van der Waals surface area contributed by atoms with Gasteiger partial charge in [0.1, 0.15) is 23.7 Å². The van der Waals surface area contributed by atoms with Gasteiger partial charge in [-0.25, -0.2) is 4.79 Å². The Hall–Kier alpha value is -2.06. The molecule has 0 spiro atoms. The van der Waals surface area contributed by atoms with E-state index in [4.69, 9.17) is 20.9 Å². The summed E-state index contributed by atoms with van der Waals surface area (Å²) in [5.41, 5.74) is 2.56. The highest BCUT2D eigenvalue weighted by atomic mass is 127. The van der Waals surface area contributed by atoms with Gasteiger partial charge in [-0.3, -0.25) is 5.32 Å². The number of hydrogen-bond donors (Lipinski definition) is 1. The highest BCUT2D eigenvalue weighted by Gasteiger charge is 2.17. The first-order valence-electron chi connectivity index (χ1n) is 7.47. The normalized spacial score (nSPS) is 11.8. The number of benzene rings is 2. The molecule has 0 saturated heterocycles. The molecule has 3 rings (SSSR count). The number of amides is 1. The third kappa shape index (κ3) is 4.32. The van der Waals surface area contributed by atoms with Crippen LogP contribution in [0.25, 0.3) is 11.3 Å². The molecule has 1 heterocycles. The zero-order valence-corrected chi connectivity index (χ0v) is 16.1. The van der Waals surface area contributed by atoms with Gasteiger partial charge >= 0.3 is 6.09 Å². The number of halogens is 2. The van der Waals surface area contributed by atoms with E-state index >= 15 is 0 Å². The van der Waals surface area contributed by atoms with E-state index in [1.54, 1.807) is 13.0 Å². The van der Waals surface area contributed by atoms with Crippen molar-refractivity contribution in [2.75, 3.05) is 5.32 Å². The van der Waals surface area contributed by atoms with Gasteiger partial charge < -0.3 is 9.26 Å². The molecular formula is C18H14ClIN2O3. The largest absolute Gasteiger partial charge is 0.441 e. The molecule has 3 aromatic rings. The maximum Gasteiger partial charge on any atom is 0.412 e. The quantitative estimate of drug-likeness (QED) is 0.484. The number of rotatable bonds is 4. The molecule has 1 N–H and O–H groups in total. The molecule has 0 aliphatic heterocycles. The van der Waals surface area contributed by atoms with Gasteiger partial charge in [-0.1, -0.05) is 47.1 Å². The van der Waals surface area contributed by atoms with Gasteiger partial charge in [0.05, 0.1) is 0 Å². The molecule has 0 bridgehead atoms. The van der Waals surface area contributed by atoms with Crippen LogP contribution in [0.2, 0.25) is 5.02 Å². The Labute approximate surface area is 163 Å². The van der Waals surface area contributed by atoms with E-state index in [0.29, 0.717) is 16.4 Å². The van der Waals surface area contributed by atoms with E-state index in [1.165, 1.54) is 6.26 Å². The molecule has 25 heavy (non-hydrogen) atoms. The smallest absolute Gasteiger partial charge is 0.412 e. The minimum Gasteiger partial charge on any atom is -0.441 e. The summed E-state index contributed by atoms with van der Waals surface area (Å²) in [7, 11) is 0. The summed E-state index contributed by atoms with van der Waals surface area (Å²) in [6.07, 6.45) is 0.270. The molecule has 1 atom stereocenters. The van der Waals surface area contributed by atoms with Crippen LogP contribution in [0, 0.1) is 3.57 Å². The molecule has 1 unspecified atom stereocenters. The Kier molecular flexibility index (Phi) is 5.60. The fourth-order valence-corrected chi connectivity index (χ4v) is 2.96. The van der Waals surface area contributed by atoms with E-state index in [0.717, 1.165) is 14.7 Å². The summed E-state index contributed by atoms with van der Waals surface area (Å²) in [6.45, 7) is 1.76. The first kappa shape index (κ1) is 17.8. The van der Waals surface area contributed by atoms with Crippen LogP contribution < -0.4 is 5.32 Å². The molecule has 5 nitrogen and oxygen atoms in total. The lowest BCUT2D eigenvalue weighted by molar-refractivity contribution is 0.121. The molecule has 0 fully saturated rings. The van der Waals surface area contributed by atoms with Gasteiger partial charge in [0.15, 0.2) is 0 Å². The highest BCUT2D eigenvalue weighted by Crippen LogP contribution is 2.29. The number of carbonyl (C=O) groups is 1. The van der Waals surface area contributed by atoms with E-state index in [1.807, 2.05) is 42.5 Å². The molecule has 0 saturated carbocycles. The molecule has 1 amide bonds. The van der Waals surface area contributed by atoms with Crippen LogP contribution in [0.5, 0.6) is 0 Å². The van der Waals surface area contributed by atoms with Crippen LogP contribution in [-0.4, -0.2) is 11.2 Å². The summed E-state index contributed by atoms with van der Waals surface area (Å²) >= 11 is 8.35. The van der Waals surface area contributed by atoms with Crippen LogP contribution >= 0.6 is 34.2 Å². The van der Waals surface area contributed by atoms with Crippen molar-refractivity contribution in [2.24, 2.45) is 0 Å². The zero-order valence-electron chi connectivity index (χ0n) is 13.2. The summed E-state index contributed by atoms with van der Waals surface area (Å²) in [6, 6.07) is 14.9. The Morgan fingerprint density at radius 2 is 1.96 bits per heavy atom. The summed E-state index contributed by atoms with van der Waals surface area (Å²) in [5, 5.41) is 7.16. The predicted molar refractivity (Wildman–Crippen MR) is 105 cm³/mol. The van der Waals surface area contributed by atoms with Crippen molar-refractivity contribution >= 4 is 46.0 Å². The number of hydrogen-bond acceptors (Lipinski definition) is 4. The lowest BCUT2D eigenvalue weighted by atomic mass is 10.1. The number of nitrogens with one attached hydrogen (secondary N) is 1. The first-order valence-corrected chi connectivity index (χ1v) is 8.92. The van der Waals surface area contributed by atoms with E-state index < -0.39 is 12.2 Å². The SMILES string of the molecule is CC(OC(=O)Nc1conc1-c1ccc(I)cc1)c1ccccc1Cl. The second kappa shape index (κ2) is 7.88. The standard InChI is InChI=1S/C18H14ClIN2O3/c1-11(14-4-2-3-5-15(14)19)25-18(23)21-16-10-24-22-17(16)12-6-8-13(20)9-7-12/h2-11H,1H3,(H,21,23). The average molecular weight is 469 g/mol. The second-order valence-corrected chi connectivity index (χ2v) is 6.93. The topological polar surface area (TPSA) is 64.4 Å². The lowest BCUT2D eigenvalue weighted by Gasteiger charge is -2.15. The minimum atomic E-state index is -0.609. The Morgan fingerprint density at radius 1 is 1.24 bits per heavy atom. The van der Waals surface area contributed by atoms with Crippen LogP contribution in [0.15, 0.2) is 59.3 Å². The van der Waals surface area contributed by atoms with E-state index in [2.05, 4.69) is 33.1 Å². The first-order chi connectivity index (χ1) is 12.0. The fraction of sp³-hybridized carbons (Fsp3) is 0.111. The highest BCUT2D eigenvalue weighted by molar-refractivity contribution is 14.1. The Morgan fingerprint density at radius 3 is 2.68 bits per heavy atom. The van der Waals surface area contributed by atoms with Gasteiger partial charge in [-0.15, -0.1) is 0 Å². The van der Waals surface area contributed by atoms with Crippen molar-refractivity contribution in [1.29, 1.82) is 0 Å². The van der Waals surface area contributed by atoms with Gasteiger partial charge in [0.2, 0.25) is 0 Å². The Bertz CT molecular complexity index is 880. The summed E-state index contributed by atoms with van der Waals surface area (Å²) in [4.78, 5) is 12.2. The van der Waals surface area contributed by atoms with Crippen molar-refractivity contribution in [1.82, 2.24) is 5.16 Å². The molecule has 7 heteroatoms. The number of carbonyl (C=O) groups excluding carboxylic acids is 1. The molecule has 1 aromatic heterocycles. The lowest BCUT2D eigenvalue weighted by Crippen LogP contribution is -2.16. The molecular weight excluding hydrogens is 455 g/mol. The van der Waals surface area contributed by atoms with Crippen molar-refractivity contribution in [3.8, 4) is 11.3 Å². The zero-order chi connectivity index (χ0) is 17.8. The number of anilines is 1. The van der Waals surface area contributed by atoms with Crippen LogP contribution in [0.4, 0.5) is 10.5 Å². The van der Waals surface area contributed by atoms with Gasteiger partial charge in [0, 0.05) is 19.7 Å². The third-order valence-corrected chi connectivity index (χ3v) is 4.61. The predicted octanol–water partition coefficient (Wildman–Crippen LogP) is 5.91. The second-order valence-electron chi connectivity index (χ2n) is 5.28. The number of ether oxygens (including phenoxy) is 1. The molecule has 2 aromatic carbocycles. The average Bonchev–Trinajstić information content (AvgIpc) is 3.03. The Balaban J connectivity index is 1.71. The molecule has 0 aliphatic carbocycles. The van der Waals surface area contributed by atoms with Crippen LogP contribution in [0.1, 0.15) is 18.6 Å². The van der Waals surface area contributed by atoms with E-state index in [9.17, 15) is 4.79 Å². The van der Waals surface area contributed by atoms with Gasteiger partial charge in [-0.05, 0) is 47.7 Å². The number of aromatic nitrogens is 1. The third-order valence-electron chi connectivity index (χ3n) is 3.55. The summed E-state index contributed by atoms with van der Waals surface area (Å²) in [5.74, 6) is 0. The van der Waals surface area contributed by atoms with E-state index in [-0.39, 0.29) is 0 Å². The van der Waals surface area contributed by atoms with Gasteiger partial charge in [-0.2, -0.15) is 0 Å². The van der Waals surface area contributed by atoms with Crippen molar-refractivity contribution in [3.63, 3.8) is 0 Å². The number of nitrogens with zero attached hydrogens (tertiary/aromatic N) is 1. The van der Waals surface area contributed by atoms with Crippen molar-refractivity contribution in [2.45, 2.75) is 13.0 Å². The van der Waals surface area contributed by atoms with Crippen LogP contribution in [-0.2, 0) is 4.74 Å². The van der Waals surface area contributed by atoms with Crippen LogP contribution in [0.3, 0.4) is 0 Å². The molecule has 128 valence electrons. The summed E-state index contributed by atoms with van der Waals surface area (Å²) < 4.78 is 11.5. The molecule has 0 radical (unpaired) electrons. The van der Waals surface area contributed by atoms with Crippen molar-refractivity contribution < 1.29 is 14.1 Å². The maximum atomic E-state index is 12.2. The minimum absolute atomic E-state index is 0.442. The van der Waals surface area contributed by atoms with Gasteiger partial charge in [0.25, 0.3) is 0 Å². The monoisotopic (exact) mass is 468 g/mol.